The van der Waals surface area contributed by atoms with E-state index in [-0.39, 0.29) is 0 Å². The van der Waals surface area contributed by atoms with Gasteiger partial charge in [-0.05, 0) is 38.6 Å². The van der Waals surface area contributed by atoms with Gasteiger partial charge in [0, 0.05) is 11.6 Å². The molecule has 0 bridgehead atoms. The Labute approximate surface area is 90.7 Å². The van der Waals surface area contributed by atoms with Crippen LogP contribution in [0.2, 0.25) is 0 Å². The van der Waals surface area contributed by atoms with Crippen molar-refractivity contribution in [3.63, 3.8) is 0 Å². The summed E-state index contributed by atoms with van der Waals surface area (Å²) in [6.45, 7) is 3.41. The van der Waals surface area contributed by atoms with Gasteiger partial charge >= 0.3 is 0 Å². The molecule has 2 atom stereocenters. The maximum atomic E-state index is 4.81. The second-order valence-corrected chi connectivity index (χ2v) is 4.78. The van der Waals surface area contributed by atoms with Gasteiger partial charge in [-0.1, -0.05) is 6.92 Å². The Balaban J connectivity index is 1.87. The molecule has 0 amide bonds. The van der Waals surface area contributed by atoms with Crippen LogP contribution in [0, 0.1) is 0 Å². The minimum absolute atomic E-state index is 0.494. The number of imidazole rings is 1. The highest BCUT2D eigenvalue weighted by atomic mass is 15.0. The fraction of sp³-hybridized carbons (Fsp3) is 0.750. The molecular weight excluding hydrogens is 186 g/mol. The van der Waals surface area contributed by atoms with Gasteiger partial charge < -0.3 is 10.3 Å². The molecule has 3 rings (SSSR count). The van der Waals surface area contributed by atoms with E-state index < -0.39 is 0 Å². The van der Waals surface area contributed by atoms with Crippen LogP contribution in [0.5, 0.6) is 0 Å². The van der Waals surface area contributed by atoms with Crippen LogP contribution in [0.3, 0.4) is 0 Å². The van der Waals surface area contributed by atoms with E-state index in [0.717, 1.165) is 6.54 Å². The Morgan fingerprint density at radius 1 is 1.40 bits per heavy atom. The van der Waals surface area contributed by atoms with Crippen molar-refractivity contribution in [3.05, 3.63) is 17.2 Å². The average molecular weight is 205 g/mol. The van der Waals surface area contributed by atoms with Crippen molar-refractivity contribution in [1.29, 1.82) is 0 Å². The SMILES string of the molecule is CCC1CCc2[nH]c(C3CCCN3)nc21. The van der Waals surface area contributed by atoms with Crippen LogP contribution < -0.4 is 5.32 Å². The molecule has 1 fully saturated rings. The van der Waals surface area contributed by atoms with E-state index in [9.17, 15) is 0 Å². The van der Waals surface area contributed by atoms with Crippen LogP contribution in [0.15, 0.2) is 0 Å². The second-order valence-electron chi connectivity index (χ2n) is 4.78. The molecule has 0 spiro atoms. The minimum Gasteiger partial charge on any atom is -0.344 e. The van der Waals surface area contributed by atoms with Crippen LogP contribution in [0.25, 0.3) is 0 Å². The largest absolute Gasteiger partial charge is 0.344 e. The number of hydrogen-bond acceptors (Lipinski definition) is 2. The fourth-order valence-electron chi connectivity index (χ4n) is 2.91. The maximum absolute atomic E-state index is 4.81. The summed E-state index contributed by atoms with van der Waals surface area (Å²) in [7, 11) is 0. The van der Waals surface area contributed by atoms with E-state index in [0.29, 0.717) is 12.0 Å². The molecule has 82 valence electrons. The van der Waals surface area contributed by atoms with Gasteiger partial charge in [-0.3, -0.25) is 0 Å². The summed E-state index contributed by atoms with van der Waals surface area (Å²) in [4.78, 5) is 8.33. The minimum atomic E-state index is 0.494. The van der Waals surface area contributed by atoms with E-state index in [1.165, 1.54) is 49.3 Å². The number of nitrogens with one attached hydrogen (secondary N) is 2. The van der Waals surface area contributed by atoms with Crippen molar-refractivity contribution in [1.82, 2.24) is 15.3 Å². The Morgan fingerprint density at radius 3 is 3.07 bits per heavy atom. The van der Waals surface area contributed by atoms with Crippen molar-refractivity contribution in [2.24, 2.45) is 0 Å². The summed E-state index contributed by atoms with van der Waals surface area (Å²) < 4.78 is 0. The van der Waals surface area contributed by atoms with Gasteiger partial charge in [-0.25, -0.2) is 4.98 Å². The predicted molar refractivity (Wildman–Crippen MR) is 59.9 cm³/mol. The molecular formula is C12H19N3. The lowest BCUT2D eigenvalue weighted by atomic mass is 10.1. The molecule has 1 saturated heterocycles. The molecule has 1 aliphatic heterocycles. The lowest BCUT2D eigenvalue weighted by Crippen LogP contribution is -2.14. The Kier molecular flexibility index (Phi) is 2.28. The van der Waals surface area contributed by atoms with Gasteiger partial charge in [0.2, 0.25) is 0 Å². The zero-order valence-corrected chi connectivity index (χ0v) is 9.34. The molecule has 0 saturated carbocycles. The summed E-state index contributed by atoms with van der Waals surface area (Å²) >= 11 is 0. The molecule has 1 aromatic rings. The molecule has 3 nitrogen and oxygen atoms in total. The van der Waals surface area contributed by atoms with Crippen LogP contribution in [-0.2, 0) is 6.42 Å². The van der Waals surface area contributed by atoms with E-state index in [4.69, 9.17) is 4.98 Å². The van der Waals surface area contributed by atoms with Gasteiger partial charge in [0.25, 0.3) is 0 Å². The van der Waals surface area contributed by atoms with Crippen molar-refractivity contribution in [3.8, 4) is 0 Å². The first kappa shape index (κ1) is 9.40. The average Bonchev–Trinajstić information content (AvgIpc) is 2.93. The molecule has 1 aromatic heterocycles. The zero-order chi connectivity index (χ0) is 10.3. The van der Waals surface area contributed by atoms with Gasteiger partial charge in [0.15, 0.2) is 0 Å². The molecule has 0 radical (unpaired) electrons. The zero-order valence-electron chi connectivity index (χ0n) is 9.34. The van der Waals surface area contributed by atoms with Gasteiger partial charge in [0.1, 0.15) is 5.82 Å². The highest BCUT2D eigenvalue weighted by Crippen LogP contribution is 2.35. The van der Waals surface area contributed by atoms with E-state index >= 15 is 0 Å². The maximum Gasteiger partial charge on any atom is 0.123 e. The van der Waals surface area contributed by atoms with E-state index in [1.54, 1.807) is 0 Å². The van der Waals surface area contributed by atoms with Crippen molar-refractivity contribution < 1.29 is 0 Å². The molecule has 3 heteroatoms. The summed E-state index contributed by atoms with van der Waals surface area (Å²) in [6, 6.07) is 0.494. The molecule has 2 unspecified atom stereocenters. The normalized spacial score (nSPS) is 29.7. The Hall–Kier alpha value is -0.830. The quantitative estimate of drug-likeness (QED) is 0.777. The number of fused-ring (bicyclic) bond motifs is 1. The third-order valence-electron chi connectivity index (χ3n) is 3.84. The third kappa shape index (κ3) is 1.49. The Bertz CT molecular complexity index is 350. The number of aromatic amines is 1. The number of aryl methyl sites for hydroxylation is 1. The van der Waals surface area contributed by atoms with Gasteiger partial charge in [0.05, 0.1) is 11.7 Å². The number of aromatic nitrogens is 2. The third-order valence-corrected chi connectivity index (χ3v) is 3.84. The molecule has 1 aliphatic carbocycles. The molecule has 2 N–H and O–H groups in total. The number of H-pyrrole nitrogens is 1. The topological polar surface area (TPSA) is 40.7 Å². The highest BCUT2D eigenvalue weighted by molar-refractivity contribution is 5.25. The van der Waals surface area contributed by atoms with Crippen molar-refractivity contribution in [2.45, 2.75) is 51.0 Å². The first-order chi connectivity index (χ1) is 7.38. The summed E-state index contributed by atoms with van der Waals surface area (Å²) in [5, 5.41) is 3.50. The van der Waals surface area contributed by atoms with Crippen molar-refractivity contribution >= 4 is 0 Å². The van der Waals surface area contributed by atoms with Crippen LogP contribution >= 0.6 is 0 Å². The molecule has 2 aliphatic rings. The second kappa shape index (κ2) is 3.63. The predicted octanol–water partition coefficient (Wildman–Crippen LogP) is 2.27. The molecule has 2 heterocycles. The summed E-state index contributed by atoms with van der Waals surface area (Å²) in [5.74, 6) is 1.90. The standard InChI is InChI=1S/C12H19N3/c1-2-8-5-6-9-11(8)15-12(14-9)10-4-3-7-13-10/h8,10,13H,2-7H2,1H3,(H,14,15). The first-order valence-corrected chi connectivity index (χ1v) is 6.20. The number of hydrogen-bond donors (Lipinski definition) is 2. The lowest BCUT2D eigenvalue weighted by Gasteiger charge is -2.07. The fourth-order valence-corrected chi connectivity index (χ4v) is 2.91. The van der Waals surface area contributed by atoms with Crippen LogP contribution in [0.1, 0.15) is 61.8 Å². The van der Waals surface area contributed by atoms with Crippen molar-refractivity contribution in [2.75, 3.05) is 6.54 Å². The van der Waals surface area contributed by atoms with Gasteiger partial charge in [-0.15, -0.1) is 0 Å². The van der Waals surface area contributed by atoms with Crippen LogP contribution in [0.4, 0.5) is 0 Å². The van der Waals surface area contributed by atoms with Crippen LogP contribution in [-0.4, -0.2) is 16.5 Å². The van der Waals surface area contributed by atoms with E-state index in [1.807, 2.05) is 0 Å². The monoisotopic (exact) mass is 205 g/mol. The number of rotatable bonds is 2. The smallest absolute Gasteiger partial charge is 0.123 e. The molecule has 15 heavy (non-hydrogen) atoms. The lowest BCUT2D eigenvalue weighted by molar-refractivity contribution is 0.590. The number of nitrogens with zero attached hydrogens (tertiary/aromatic N) is 1. The summed E-state index contributed by atoms with van der Waals surface area (Å²) in [5.41, 5.74) is 2.77. The van der Waals surface area contributed by atoms with E-state index in [2.05, 4.69) is 17.2 Å². The first-order valence-electron chi connectivity index (χ1n) is 6.20. The molecule has 0 aromatic carbocycles. The summed E-state index contributed by atoms with van der Waals surface area (Å²) in [6.07, 6.45) is 6.25. The highest BCUT2D eigenvalue weighted by Gasteiger charge is 2.28. The van der Waals surface area contributed by atoms with Gasteiger partial charge in [-0.2, -0.15) is 0 Å². The Morgan fingerprint density at radius 2 is 2.33 bits per heavy atom.